The molecule has 0 spiro atoms. The van der Waals surface area contributed by atoms with Crippen LogP contribution in [0.25, 0.3) is 11.1 Å². The minimum Gasteiger partial charge on any atom is -0.497 e. The number of aromatic amines is 1. The maximum Gasteiger partial charge on any atom is 0.490 e. The van der Waals surface area contributed by atoms with E-state index in [4.69, 9.17) is 24.1 Å². The lowest BCUT2D eigenvalue weighted by molar-refractivity contribution is -0.192. The molecule has 0 aliphatic carbocycles. The van der Waals surface area contributed by atoms with E-state index in [2.05, 4.69) is 15.5 Å². The Hall–Kier alpha value is -4.52. The molecule has 40 heavy (non-hydrogen) atoms. The number of aromatic nitrogens is 2. The number of alkyl halides is 3. The van der Waals surface area contributed by atoms with E-state index in [9.17, 15) is 18.0 Å². The summed E-state index contributed by atoms with van der Waals surface area (Å²) in [5.41, 5.74) is 3.48. The number of amides is 1. The van der Waals surface area contributed by atoms with Crippen LogP contribution in [0.5, 0.6) is 17.2 Å². The molecule has 9 nitrogen and oxygen atoms in total. The number of nitrogens with zero attached hydrogens (tertiary/aromatic N) is 1. The quantitative estimate of drug-likeness (QED) is 0.264. The van der Waals surface area contributed by atoms with E-state index in [1.165, 1.54) is 0 Å². The summed E-state index contributed by atoms with van der Waals surface area (Å²) in [6.45, 7) is 0.749. The second-order valence-electron chi connectivity index (χ2n) is 8.54. The molecule has 1 unspecified atom stereocenters. The van der Waals surface area contributed by atoms with Crippen molar-refractivity contribution in [3.8, 4) is 28.4 Å². The smallest absolute Gasteiger partial charge is 0.490 e. The second kappa shape index (κ2) is 12.6. The van der Waals surface area contributed by atoms with Crippen molar-refractivity contribution in [2.75, 3.05) is 19.0 Å². The summed E-state index contributed by atoms with van der Waals surface area (Å²) in [5.74, 6) is -1.03. The summed E-state index contributed by atoms with van der Waals surface area (Å²) in [6.07, 6.45) is -0.930. The number of benzene rings is 2. The molecular weight excluding hydrogens is 551 g/mol. The molecule has 0 radical (unpaired) electrons. The zero-order valence-corrected chi connectivity index (χ0v) is 21.8. The van der Waals surface area contributed by atoms with E-state index in [-0.39, 0.29) is 11.8 Å². The maximum atomic E-state index is 13.1. The SMILES string of the molecule is COc1ccc2c(c1)CC(C(=O)Nc1ccc(-c3cn[nH]c3)cc1OCc1cccs1)CO2.O=C(O)C(F)(F)F. The van der Waals surface area contributed by atoms with E-state index in [1.807, 2.05) is 60.1 Å². The van der Waals surface area contributed by atoms with Crippen LogP contribution in [0.1, 0.15) is 10.4 Å². The van der Waals surface area contributed by atoms with Crippen molar-refractivity contribution in [1.29, 1.82) is 0 Å². The number of carboxylic acids is 1. The van der Waals surface area contributed by atoms with Gasteiger partial charge in [0.2, 0.25) is 5.91 Å². The number of carboxylic acid groups (broad SMARTS) is 1. The van der Waals surface area contributed by atoms with Crippen molar-refractivity contribution in [3.63, 3.8) is 0 Å². The van der Waals surface area contributed by atoms with E-state index < -0.39 is 12.1 Å². The number of methoxy groups -OCH3 is 1. The Kier molecular flexibility index (Phi) is 8.94. The standard InChI is InChI=1S/C25H23N3O4S.C2HF3O2/c1-30-20-5-7-23-17(10-20)9-18(14-31-23)25(29)28-22-6-4-16(19-12-26-27-13-19)11-24(22)32-15-21-3-2-8-33-21;3-2(4,5)1(6)7/h2-8,10-13,18H,9,14-15H2,1H3,(H,26,27)(H,28,29);(H,6,7). The van der Waals surface area contributed by atoms with Gasteiger partial charge in [0.25, 0.3) is 0 Å². The van der Waals surface area contributed by atoms with Gasteiger partial charge in [0.05, 0.1) is 24.9 Å². The van der Waals surface area contributed by atoms with Crippen molar-refractivity contribution in [2.24, 2.45) is 5.92 Å². The van der Waals surface area contributed by atoms with Crippen LogP contribution in [0.2, 0.25) is 0 Å². The first-order valence-corrected chi connectivity index (χ1v) is 12.7. The fraction of sp³-hybridized carbons (Fsp3) is 0.222. The normalized spacial score (nSPS) is 14.2. The van der Waals surface area contributed by atoms with Gasteiger partial charge in [-0.05, 0) is 59.3 Å². The summed E-state index contributed by atoms with van der Waals surface area (Å²) in [4.78, 5) is 23.1. The zero-order valence-electron chi connectivity index (χ0n) is 21.0. The lowest BCUT2D eigenvalue weighted by Crippen LogP contribution is -2.32. The molecule has 4 aromatic rings. The highest BCUT2D eigenvalue weighted by Gasteiger charge is 2.38. The van der Waals surface area contributed by atoms with E-state index in [1.54, 1.807) is 24.6 Å². The molecule has 0 bridgehead atoms. The van der Waals surface area contributed by atoms with E-state index >= 15 is 0 Å². The van der Waals surface area contributed by atoms with E-state index in [0.29, 0.717) is 31.1 Å². The van der Waals surface area contributed by atoms with Gasteiger partial charge in [-0.2, -0.15) is 18.3 Å². The van der Waals surface area contributed by atoms with Gasteiger partial charge in [0.15, 0.2) is 0 Å². The van der Waals surface area contributed by atoms with Gasteiger partial charge in [-0.3, -0.25) is 9.89 Å². The largest absolute Gasteiger partial charge is 0.497 e. The minimum atomic E-state index is -5.08. The number of H-pyrrole nitrogens is 1. The lowest BCUT2D eigenvalue weighted by Gasteiger charge is -2.25. The van der Waals surface area contributed by atoms with Crippen LogP contribution in [-0.4, -0.2) is 47.1 Å². The summed E-state index contributed by atoms with van der Waals surface area (Å²) >= 11 is 1.63. The predicted molar refractivity (Wildman–Crippen MR) is 141 cm³/mol. The Morgan fingerprint density at radius 3 is 2.65 bits per heavy atom. The predicted octanol–water partition coefficient (Wildman–Crippen LogP) is 5.55. The Bertz CT molecular complexity index is 1440. The fourth-order valence-electron chi connectivity index (χ4n) is 3.78. The highest BCUT2D eigenvalue weighted by atomic mass is 32.1. The van der Waals surface area contributed by atoms with Crippen LogP contribution in [0.4, 0.5) is 18.9 Å². The molecule has 1 atom stereocenters. The summed E-state index contributed by atoms with van der Waals surface area (Å²) < 4.78 is 49.0. The fourth-order valence-corrected chi connectivity index (χ4v) is 4.39. The molecule has 0 saturated carbocycles. The third-order valence-electron chi connectivity index (χ3n) is 5.81. The van der Waals surface area contributed by atoms with Crippen LogP contribution in [0, 0.1) is 5.92 Å². The molecule has 13 heteroatoms. The Morgan fingerprint density at radius 2 is 2.00 bits per heavy atom. The Balaban J connectivity index is 0.000000470. The highest BCUT2D eigenvalue weighted by Crippen LogP contribution is 2.34. The van der Waals surface area contributed by atoms with Gasteiger partial charge < -0.3 is 24.6 Å². The molecule has 1 aliphatic rings. The number of nitrogens with one attached hydrogen (secondary N) is 2. The first-order valence-electron chi connectivity index (χ1n) is 11.8. The molecule has 0 fully saturated rings. The molecule has 2 aromatic heterocycles. The monoisotopic (exact) mass is 575 g/mol. The van der Waals surface area contributed by atoms with Gasteiger partial charge in [-0.15, -0.1) is 11.3 Å². The number of thiophene rings is 1. The average molecular weight is 576 g/mol. The molecule has 2 aromatic carbocycles. The topological polar surface area (TPSA) is 123 Å². The van der Waals surface area contributed by atoms with Crippen LogP contribution < -0.4 is 19.5 Å². The number of fused-ring (bicyclic) bond motifs is 1. The van der Waals surface area contributed by atoms with Crippen LogP contribution >= 0.6 is 11.3 Å². The second-order valence-corrected chi connectivity index (χ2v) is 9.58. The van der Waals surface area contributed by atoms with Crippen LogP contribution in [0.3, 0.4) is 0 Å². The number of hydrogen-bond donors (Lipinski definition) is 3. The third kappa shape index (κ3) is 7.32. The number of hydrogen-bond acceptors (Lipinski definition) is 7. The summed E-state index contributed by atoms with van der Waals surface area (Å²) in [7, 11) is 1.63. The summed E-state index contributed by atoms with van der Waals surface area (Å²) in [6, 6.07) is 15.4. The Morgan fingerprint density at radius 1 is 1.20 bits per heavy atom. The van der Waals surface area contributed by atoms with E-state index in [0.717, 1.165) is 33.1 Å². The van der Waals surface area contributed by atoms with Crippen molar-refractivity contribution in [1.82, 2.24) is 10.2 Å². The minimum absolute atomic E-state index is 0.111. The van der Waals surface area contributed by atoms with Crippen LogP contribution in [0.15, 0.2) is 66.3 Å². The lowest BCUT2D eigenvalue weighted by atomic mass is 9.95. The van der Waals surface area contributed by atoms with Gasteiger partial charge in [0, 0.05) is 16.6 Å². The molecule has 3 N–H and O–H groups in total. The number of anilines is 1. The van der Waals surface area contributed by atoms with Crippen molar-refractivity contribution >= 4 is 28.9 Å². The zero-order chi connectivity index (χ0) is 28.7. The van der Waals surface area contributed by atoms with Gasteiger partial charge in [-0.25, -0.2) is 4.79 Å². The first-order chi connectivity index (χ1) is 19.1. The average Bonchev–Trinajstić information content (AvgIpc) is 3.66. The van der Waals surface area contributed by atoms with Crippen molar-refractivity contribution in [3.05, 3.63) is 76.7 Å². The molecule has 1 amide bonds. The molecule has 0 saturated heterocycles. The molecule has 3 heterocycles. The molecular formula is C27H24F3N3O6S. The third-order valence-corrected chi connectivity index (χ3v) is 6.66. The highest BCUT2D eigenvalue weighted by molar-refractivity contribution is 7.09. The van der Waals surface area contributed by atoms with Gasteiger partial charge in [-0.1, -0.05) is 12.1 Å². The number of carbonyl (C=O) groups is 2. The number of ether oxygens (including phenoxy) is 3. The molecule has 5 rings (SSSR count). The van der Waals surface area contributed by atoms with Gasteiger partial charge >= 0.3 is 12.1 Å². The van der Waals surface area contributed by atoms with Crippen LogP contribution in [-0.2, 0) is 22.6 Å². The van der Waals surface area contributed by atoms with Gasteiger partial charge in [0.1, 0.15) is 30.5 Å². The molecule has 1 aliphatic heterocycles. The summed E-state index contributed by atoms with van der Waals surface area (Å²) in [5, 5.41) is 19.0. The van der Waals surface area contributed by atoms with Crippen molar-refractivity contribution < 1.29 is 42.1 Å². The number of halogens is 3. The van der Waals surface area contributed by atoms with Crippen molar-refractivity contribution in [2.45, 2.75) is 19.2 Å². The Labute approximate surface area is 230 Å². The first kappa shape index (κ1) is 28.5. The number of aliphatic carboxylic acids is 1. The maximum absolute atomic E-state index is 13.1. The number of carbonyl (C=O) groups excluding carboxylic acids is 1. The number of rotatable bonds is 7. The molecule has 210 valence electrons.